The van der Waals surface area contributed by atoms with E-state index in [0.29, 0.717) is 28.6 Å². The van der Waals surface area contributed by atoms with Gasteiger partial charge in [0.05, 0.1) is 18.4 Å². The largest absolute Gasteiger partial charge is 0.467 e. The number of rotatable bonds is 6. The van der Waals surface area contributed by atoms with Gasteiger partial charge >= 0.3 is 5.97 Å². The molecule has 0 saturated heterocycles. The molecule has 6 heteroatoms. The average molecular weight is 284 g/mol. The number of carbonyl (C=O) groups excluding carboxylic acids is 2. The molecule has 19 heavy (non-hydrogen) atoms. The lowest BCUT2D eigenvalue weighted by molar-refractivity contribution is -0.141. The van der Waals surface area contributed by atoms with Gasteiger partial charge in [0.2, 0.25) is 0 Å². The van der Waals surface area contributed by atoms with Crippen LogP contribution in [-0.2, 0) is 9.53 Å². The number of methoxy groups -OCH3 is 1. The van der Waals surface area contributed by atoms with E-state index in [0.717, 1.165) is 0 Å². The topological polar surface area (TPSA) is 68.3 Å². The number of carbonyl (C=O) groups is 2. The maximum Gasteiger partial charge on any atom is 0.328 e. The monoisotopic (exact) mass is 284 g/mol. The van der Waals surface area contributed by atoms with Gasteiger partial charge in [-0.05, 0) is 37.7 Å². The lowest BCUT2D eigenvalue weighted by Gasteiger charge is -2.18. The molecule has 0 aliphatic rings. The van der Waals surface area contributed by atoms with Gasteiger partial charge in [-0.3, -0.25) is 4.79 Å². The predicted molar refractivity (Wildman–Crippen MR) is 75.7 cm³/mol. The van der Waals surface area contributed by atoms with Crippen LogP contribution in [0.4, 0.5) is 5.00 Å². The van der Waals surface area contributed by atoms with E-state index in [9.17, 15) is 9.59 Å². The summed E-state index contributed by atoms with van der Waals surface area (Å²) in [5.74, 6) is -0.0393. The fourth-order valence-corrected chi connectivity index (χ4v) is 2.77. The zero-order chi connectivity index (χ0) is 14.6. The smallest absolute Gasteiger partial charge is 0.328 e. The second kappa shape index (κ2) is 6.65. The Morgan fingerprint density at radius 3 is 2.53 bits per heavy atom. The molecule has 0 amide bonds. The van der Waals surface area contributed by atoms with Crippen LogP contribution in [0.1, 0.15) is 43.2 Å². The Morgan fingerprint density at radius 2 is 2.05 bits per heavy atom. The van der Waals surface area contributed by atoms with E-state index >= 15 is 0 Å². The van der Waals surface area contributed by atoms with Crippen LogP contribution < -0.4 is 5.32 Å². The van der Waals surface area contributed by atoms with Crippen LogP contribution in [0.15, 0.2) is 0 Å². The SMILES string of the molecule is COC(=O)C(CC(C)C)Nc1snc(C)c1C(C)=O. The van der Waals surface area contributed by atoms with Gasteiger partial charge in [-0.25, -0.2) is 4.79 Å². The molecule has 0 aliphatic carbocycles. The Hall–Kier alpha value is -1.43. The predicted octanol–water partition coefficient (Wildman–Crippen LogP) is 2.65. The Bertz CT molecular complexity index is 468. The van der Waals surface area contributed by atoms with E-state index in [1.54, 1.807) is 6.92 Å². The Labute approximate surface area is 117 Å². The molecule has 1 heterocycles. The molecule has 1 aromatic rings. The molecular weight excluding hydrogens is 264 g/mol. The van der Waals surface area contributed by atoms with Gasteiger partial charge in [0.15, 0.2) is 5.78 Å². The summed E-state index contributed by atoms with van der Waals surface area (Å²) < 4.78 is 8.95. The molecule has 0 saturated carbocycles. The number of nitrogens with one attached hydrogen (secondary N) is 1. The van der Waals surface area contributed by atoms with Crippen LogP contribution in [0.5, 0.6) is 0 Å². The first-order valence-corrected chi connectivity index (χ1v) is 6.95. The van der Waals surface area contributed by atoms with Gasteiger partial charge in [-0.15, -0.1) is 0 Å². The van der Waals surface area contributed by atoms with Gasteiger partial charge in [0.1, 0.15) is 11.0 Å². The molecule has 1 aromatic heterocycles. The minimum atomic E-state index is -0.456. The molecule has 0 fully saturated rings. The Kier molecular flexibility index (Phi) is 5.47. The summed E-state index contributed by atoms with van der Waals surface area (Å²) in [5, 5.41) is 3.73. The number of aromatic nitrogens is 1. The second-order valence-corrected chi connectivity index (χ2v) is 5.65. The third-order valence-corrected chi connectivity index (χ3v) is 3.58. The molecular formula is C13H20N2O3S. The normalized spacial score (nSPS) is 12.3. The summed E-state index contributed by atoms with van der Waals surface area (Å²) in [6.07, 6.45) is 0.640. The number of ether oxygens (including phenoxy) is 1. The molecule has 0 aromatic carbocycles. The maximum atomic E-state index is 11.8. The van der Waals surface area contributed by atoms with Crippen LogP contribution >= 0.6 is 11.5 Å². The second-order valence-electron chi connectivity index (χ2n) is 4.88. The molecule has 1 unspecified atom stereocenters. The summed E-state index contributed by atoms with van der Waals surface area (Å²) in [4.78, 5) is 23.4. The van der Waals surface area contributed by atoms with E-state index in [-0.39, 0.29) is 11.8 Å². The number of anilines is 1. The van der Waals surface area contributed by atoms with Crippen LogP contribution in [0.3, 0.4) is 0 Å². The van der Waals surface area contributed by atoms with Gasteiger partial charge in [0, 0.05) is 0 Å². The van der Waals surface area contributed by atoms with Crippen molar-refractivity contribution in [3.05, 3.63) is 11.3 Å². The summed E-state index contributed by atoms with van der Waals surface area (Å²) in [5.41, 5.74) is 1.25. The van der Waals surface area contributed by atoms with E-state index < -0.39 is 6.04 Å². The summed E-state index contributed by atoms with van der Waals surface area (Å²) in [6.45, 7) is 7.34. The molecule has 1 rings (SSSR count). The van der Waals surface area contributed by atoms with Crippen molar-refractivity contribution in [3.63, 3.8) is 0 Å². The van der Waals surface area contributed by atoms with Crippen molar-refractivity contribution in [2.45, 2.75) is 40.2 Å². The van der Waals surface area contributed by atoms with E-state index in [4.69, 9.17) is 4.74 Å². The van der Waals surface area contributed by atoms with Crippen LogP contribution in [0, 0.1) is 12.8 Å². The number of hydrogen-bond donors (Lipinski definition) is 1. The first kappa shape index (κ1) is 15.6. The van der Waals surface area contributed by atoms with Crippen LogP contribution in [0.2, 0.25) is 0 Å². The Morgan fingerprint density at radius 1 is 1.42 bits per heavy atom. The van der Waals surface area contributed by atoms with Gasteiger partial charge in [-0.1, -0.05) is 13.8 Å². The summed E-state index contributed by atoms with van der Waals surface area (Å²) in [6, 6.07) is -0.456. The standard InChI is InChI=1S/C13H20N2O3S/c1-7(2)6-10(13(17)18-5)14-12-11(9(4)16)8(3)15-19-12/h7,10,14H,6H2,1-5H3. The van der Waals surface area contributed by atoms with E-state index in [2.05, 4.69) is 9.69 Å². The number of aryl methyl sites for hydroxylation is 1. The number of Topliss-reactive ketones (excluding diaryl/α,β-unsaturated/α-hetero) is 1. The minimum Gasteiger partial charge on any atom is -0.467 e. The highest BCUT2D eigenvalue weighted by molar-refractivity contribution is 7.10. The van der Waals surface area contributed by atoms with Crippen molar-refractivity contribution in [1.29, 1.82) is 0 Å². The Balaban J connectivity index is 2.96. The fourth-order valence-electron chi connectivity index (χ4n) is 1.87. The molecule has 0 aliphatic heterocycles. The molecule has 1 N–H and O–H groups in total. The number of hydrogen-bond acceptors (Lipinski definition) is 6. The van der Waals surface area contributed by atoms with Crippen molar-refractivity contribution in [2.24, 2.45) is 5.92 Å². The molecule has 1 atom stereocenters. The summed E-state index contributed by atoms with van der Waals surface area (Å²) in [7, 11) is 1.36. The number of esters is 1. The van der Waals surface area contributed by atoms with Gasteiger partial charge in [-0.2, -0.15) is 4.37 Å². The maximum absolute atomic E-state index is 11.8. The summed E-state index contributed by atoms with van der Waals surface area (Å²) >= 11 is 1.20. The quantitative estimate of drug-likeness (QED) is 0.642. The first-order chi connectivity index (χ1) is 8.86. The minimum absolute atomic E-state index is 0.0538. The number of nitrogens with zero attached hydrogens (tertiary/aromatic N) is 1. The lowest BCUT2D eigenvalue weighted by atomic mass is 10.0. The third kappa shape index (κ3) is 4.02. The van der Waals surface area contributed by atoms with E-state index in [1.165, 1.54) is 25.6 Å². The fraction of sp³-hybridized carbons (Fsp3) is 0.615. The molecule has 106 valence electrons. The van der Waals surface area contributed by atoms with Crippen molar-refractivity contribution in [3.8, 4) is 0 Å². The van der Waals surface area contributed by atoms with Crippen molar-refractivity contribution < 1.29 is 14.3 Å². The molecule has 0 bridgehead atoms. The van der Waals surface area contributed by atoms with Crippen molar-refractivity contribution >= 4 is 28.3 Å². The highest BCUT2D eigenvalue weighted by Gasteiger charge is 2.24. The highest BCUT2D eigenvalue weighted by atomic mass is 32.1. The average Bonchev–Trinajstić information content (AvgIpc) is 2.68. The molecule has 0 radical (unpaired) electrons. The third-order valence-electron chi connectivity index (χ3n) is 2.71. The van der Waals surface area contributed by atoms with Gasteiger partial charge < -0.3 is 10.1 Å². The zero-order valence-electron chi connectivity index (χ0n) is 11.9. The first-order valence-electron chi connectivity index (χ1n) is 6.18. The van der Waals surface area contributed by atoms with E-state index in [1.807, 2.05) is 13.8 Å². The molecule has 5 nitrogen and oxygen atoms in total. The van der Waals surface area contributed by atoms with Gasteiger partial charge in [0.25, 0.3) is 0 Å². The highest BCUT2D eigenvalue weighted by Crippen LogP contribution is 2.26. The molecule has 0 spiro atoms. The van der Waals surface area contributed by atoms with Crippen molar-refractivity contribution in [2.75, 3.05) is 12.4 Å². The zero-order valence-corrected chi connectivity index (χ0v) is 12.8. The van der Waals surface area contributed by atoms with Crippen LogP contribution in [-0.4, -0.2) is 29.3 Å². The van der Waals surface area contributed by atoms with Crippen LogP contribution in [0.25, 0.3) is 0 Å². The van der Waals surface area contributed by atoms with Crippen molar-refractivity contribution in [1.82, 2.24) is 4.37 Å². The lowest BCUT2D eigenvalue weighted by Crippen LogP contribution is -2.32. The number of ketones is 1.